The van der Waals surface area contributed by atoms with E-state index in [9.17, 15) is 8.42 Å². The van der Waals surface area contributed by atoms with Gasteiger partial charge in [-0.2, -0.15) is 4.31 Å². The standard InChI is InChI=1S/C13H14ClNO3S2/c1-15(9-10-5-3-4-6-11(10)18-2)20(16,17)13-8-7-12(14)19-13/h3-8H,9H2,1-2H3. The first-order valence-electron chi connectivity index (χ1n) is 5.78. The molecule has 108 valence electrons. The maximum atomic E-state index is 12.4. The van der Waals surface area contributed by atoms with Crippen molar-refractivity contribution in [1.82, 2.24) is 4.31 Å². The number of benzene rings is 1. The van der Waals surface area contributed by atoms with Gasteiger partial charge in [-0.25, -0.2) is 8.42 Å². The molecule has 7 heteroatoms. The largest absolute Gasteiger partial charge is 0.496 e. The Morgan fingerprint density at radius 2 is 1.95 bits per heavy atom. The number of methoxy groups -OCH3 is 1. The van der Waals surface area contributed by atoms with Crippen LogP contribution >= 0.6 is 22.9 Å². The van der Waals surface area contributed by atoms with Crippen molar-refractivity contribution in [3.05, 3.63) is 46.3 Å². The predicted molar refractivity (Wildman–Crippen MR) is 81.0 cm³/mol. The summed E-state index contributed by atoms with van der Waals surface area (Å²) < 4.78 is 32.0. The van der Waals surface area contributed by atoms with Crippen LogP contribution < -0.4 is 4.74 Å². The van der Waals surface area contributed by atoms with Crippen molar-refractivity contribution in [1.29, 1.82) is 0 Å². The summed E-state index contributed by atoms with van der Waals surface area (Å²) in [6.45, 7) is 0.238. The second kappa shape index (κ2) is 6.13. The number of hydrogen-bond donors (Lipinski definition) is 0. The van der Waals surface area contributed by atoms with E-state index in [1.165, 1.54) is 17.4 Å². The SMILES string of the molecule is COc1ccccc1CN(C)S(=O)(=O)c1ccc(Cl)s1. The molecule has 0 radical (unpaired) electrons. The van der Waals surface area contributed by atoms with Gasteiger partial charge in [0.1, 0.15) is 9.96 Å². The lowest BCUT2D eigenvalue weighted by Gasteiger charge is -2.17. The van der Waals surface area contributed by atoms with Crippen molar-refractivity contribution in [2.45, 2.75) is 10.8 Å². The third-order valence-electron chi connectivity index (χ3n) is 2.80. The Labute approximate surface area is 127 Å². The minimum absolute atomic E-state index is 0.236. The minimum Gasteiger partial charge on any atom is -0.496 e. The third kappa shape index (κ3) is 3.15. The van der Waals surface area contributed by atoms with E-state index in [0.717, 1.165) is 16.9 Å². The summed E-state index contributed by atoms with van der Waals surface area (Å²) in [6.07, 6.45) is 0. The number of rotatable bonds is 5. The van der Waals surface area contributed by atoms with Crippen molar-refractivity contribution in [3.8, 4) is 5.75 Å². The Bertz CT molecular complexity index is 697. The maximum absolute atomic E-state index is 12.4. The number of ether oxygens (including phenoxy) is 1. The van der Waals surface area contributed by atoms with Crippen LogP contribution in [0.5, 0.6) is 5.75 Å². The third-order valence-corrected chi connectivity index (χ3v) is 6.30. The van der Waals surface area contributed by atoms with Gasteiger partial charge in [0.25, 0.3) is 10.0 Å². The van der Waals surface area contributed by atoms with E-state index in [-0.39, 0.29) is 10.8 Å². The van der Waals surface area contributed by atoms with Crippen LogP contribution in [0.3, 0.4) is 0 Å². The van der Waals surface area contributed by atoms with Gasteiger partial charge in [-0.3, -0.25) is 0 Å². The number of halogens is 1. The molecule has 2 aromatic rings. The van der Waals surface area contributed by atoms with Crippen molar-refractivity contribution < 1.29 is 13.2 Å². The highest BCUT2D eigenvalue weighted by atomic mass is 35.5. The molecule has 0 aliphatic carbocycles. The van der Waals surface area contributed by atoms with Crippen LogP contribution in [-0.4, -0.2) is 26.9 Å². The van der Waals surface area contributed by atoms with Crippen LogP contribution in [-0.2, 0) is 16.6 Å². The van der Waals surface area contributed by atoms with E-state index in [4.69, 9.17) is 16.3 Å². The van der Waals surface area contributed by atoms with Crippen LogP contribution in [0.2, 0.25) is 4.34 Å². The Kier molecular flexibility index (Phi) is 4.70. The molecule has 2 rings (SSSR count). The quantitative estimate of drug-likeness (QED) is 0.845. The van der Waals surface area contributed by atoms with Gasteiger partial charge in [-0.05, 0) is 18.2 Å². The van der Waals surface area contributed by atoms with Gasteiger partial charge in [0.05, 0.1) is 11.4 Å². The average Bonchev–Trinajstić information content (AvgIpc) is 2.86. The second-order valence-electron chi connectivity index (χ2n) is 4.13. The fourth-order valence-corrected chi connectivity index (χ4v) is 4.59. The second-order valence-corrected chi connectivity index (χ2v) is 8.12. The Balaban J connectivity index is 2.25. The number of thiophene rings is 1. The molecule has 1 aromatic heterocycles. The smallest absolute Gasteiger partial charge is 0.252 e. The van der Waals surface area contributed by atoms with Gasteiger partial charge < -0.3 is 4.74 Å². The van der Waals surface area contributed by atoms with E-state index in [1.54, 1.807) is 19.2 Å². The lowest BCUT2D eigenvalue weighted by atomic mass is 10.2. The highest BCUT2D eigenvalue weighted by Crippen LogP contribution is 2.29. The molecule has 0 atom stereocenters. The summed E-state index contributed by atoms with van der Waals surface area (Å²) in [6, 6.07) is 10.4. The number of para-hydroxylation sites is 1. The molecule has 0 bridgehead atoms. The van der Waals surface area contributed by atoms with Crippen molar-refractivity contribution >= 4 is 33.0 Å². The van der Waals surface area contributed by atoms with E-state index in [2.05, 4.69) is 0 Å². The summed E-state index contributed by atoms with van der Waals surface area (Å²) in [4.78, 5) is 0. The fraction of sp³-hybridized carbons (Fsp3) is 0.231. The zero-order chi connectivity index (χ0) is 14.8. The molecule has 0 spiro atoms. The normalized spacial score (nSPS) is 11.8. The minimum atomic E-state index is -3.53. The summed E-state index contributed by atoms with van der Waals surface area (Å²) in [5, 5.41) is 0. The summed E-state index contributed by atoms with van der Waals surface area (Å²) >= 11 is 6.84. The summed E-state index contributed by atoms with van der Waals surface area (Å²) in [7, 11) is -0.430. The highest BCUT2D eigenvalue weighted by Gasteiger charge is 2.23. The van der Waals surface area contributed by atoms with E-state index in [0.29, 0.717) is 10.1 Å². The molecule has 1 heterocycles. The fourth-order valence-electron chi connectivity index (χ4n) is 1.75. The van der Waals surface area contributed by atoms with Crippen LogP contribution in [0, 0.1) is 0 Å². The van der Waals surface area contributed by atoms with Crippen LogP contribution in [0.15, 0.2) is 40.6 Å². The Morgan fingerprint density at radius 1 is 1.25 bits per heavy atom. The predicted octanol–water partition coefficient (Wildman–Crippen LogP) is 3.23. The number of hydrogen-bond acceptors (Lipinski definition) is 4. The average molecular weight is 332 g/mol. The molecule has 0 aliphatic rings. The van der Waals surface area contributed by atoms with Gasteiger partial charge in [0.2, 0.25) is 0 Å². The van der Waals surface area contributed by atoms with Crippen molar-refractivity contribution in [2.75, 3.05) is 14.2 Å². The monoisotopic (exact) mass is 331 g/mol. The number of sulfonamides is 1. The molecule has 0 amide bonds. The summed E-state index contributed by atoms with van der Waals surface area (Å²) in [5.41, 5.74) is 0.809. The van der Waals surface area contributed by atoms with E-state index in [1.807, 2.05) is 18.2 Å². The van der Waals surface area contributed by atoms with Gasteiger partial charge >= 0.3 is 0 Å². The van der Waals surface area contributed by atoms with Gasteiger partial charge in [0.15, 0.2) is 0 Å². The maximum Gasteiger partial charge on any atom is 0.252 e. The first-order valence-corrected chi connectivity index (χ1v) is 8.42. The molecule has 0 saturated heterocycles. The van der Waals surface area contributed by atoms with Gasteiger partial charge in [-0.1, -0.05) is 29.8 Å². The van der Waals surface area contributed by atoms with Crippen LogP contribution in [0.4, 0.5) is 0 Å². The van der Waals surface area contributed by atoms with E-state index < -0.39 is 10.0 Å². The molecular formula is C13H14ClNO3S2. The molecule has 0 unspecified atom stereocenters. The Hall–Kier alpha value is -1.08. The van der Waals surface area contributed by atoms with Crippen LogP contribution in [0.1, 0.15) is 5.56 Å². The molecule has 0 saturated carbocycles. The Morgan fingerprint density at radius 3 is 2.55 bits per heavy atom. The van der Waals surface area contributed by atoms with Gasteiger partial charge in [0, 0.05) is 19.2 Å². The lowest BCUT2D eigenvalue weighted by molar-refractivity contribution is 0.398. The molecule has 4 nitrogen and oxygen atoms in total. The van der Waals surface area contributed by atoms with E-state index >= 15 is 0 Å². The first-order chi connectivity index (χ1) is 9.45. The summed E-state index contributed by atoms with van der Waals surface area (Å²) in [5.74, 6) is 0.666. The number of nitrogens with zero attached hydrogens (tertiary/aromatic N) is 1. The molecule has 1 aromatic carbocycles. The first kappa shape index (κ1) is 15.3. The molecular weight excluding hydrogens is 318 g/mol. The zero-order valence-corrected chi connectivity index (χ0v) is 13.4. The van der Waals surface area contributed by atoms with Crippen molar-refractivity contribution in [2.24, 2.45) is 0 Å². The molecule has 0 N–H and O–H groups in total. The molecule has 0 fully saturated rings. The van der Waals surface area contributed by atoms with Crippen molar-refractivity contribution in [3.63, 3.8) is 0 Å². The zero-order valence-electron chi connectivity index (χ0n) is 11.0. The molecule has 20 heavy (non-hydrogen) atoms. The topological polar surface area (TPSA) is 46.6 Å². The molecule has 0 aliphatic heterocycles. The lowest BCUT2D eigenvalue weighted by Crippen LogP contribution is -2.26. The van der Waals surface area contributed by atoms with Crippen LogP contribution in [0.25, 0.3) is 0 Å². The highest BCUT2D eigenvalue weighted by molar-refractivity contribution is 7.91. The van der Waals surface area contributed by atoms with Gasteiger partial charge in [-0.15, -0.1) is 11.3 Å².